The molecule has 0 bridgehead atoms. The molecule has 0 radical (unpaired) electrons. The van der Waals surface area contributed by atoms with E-state index in [9.17, 15) is 14.7 Å². The van der Waals surface area contributed by atoms with Crippen molar-refractivity contribution in [3.05, 3.63) is 22.9 Å². The van der Waals surface area contributed by atoms with Crippen molar-refractivity contribution in [3.63, 3.8) is 0 Å². The van der Waals surface area contributed by atoms with E-state index in [2.05, 4.69) is 10.3 Å². The van der Waals surface area contributed by atoms with Gasteiger partial charge in [-0.25, -0.2) is 9.78 Å². The maximum absolute atomic E-state index is 11.9. The number of pyridine rings is 1. The summed E-state index contributed by atoms with van der Waals surface area (Å²) in [7, 11) is 0. The molecule has 1 heterocycles. The second-order valence-electron chi connectivity index (χ2n) is 5.64. The van der Waals surface area contributed by atoms with Gasteiger partial charge in [-0.1, -0.05) is 18.7 Å². The lowest BCUT2D eigenvalue weighted by Gasteiger charge is -2.24. The Morgan fingerprint density at radius 3 is 2.52 bits per heavy atom. The van der Waals surface area contributed by atoms with Gasteiger partial charge >= 0.3 is 5.97 Å². The van der Waals surface area contributed by atoms with Gasteiger partial charge in [0.05, 0.1) is 11.3 Å². The van der Waals surface area contributed by atoms with Gasteiger partial charge in [-0.3, -0.25) is 4.79 Å². The fourth-order valence-electron chi connectivity index (χ4n) is 1.80. The van der Waals surface area contributed by atoms with Gasteiger partial charge in [0, 0.05) is 11.2 Å². The Labute approximate surface area is 129 Å². The highest BCUT2D eigenvalue weighted by atomic mass is 32.2. The molecule has 0 aliphatic carbocycles. The molecule has 0 saturated heterocycles. The third-order valence-corrected chi connectivity index (χ3v) is 4.20. The number of aromatic nitrogens is 1. The number of hydrogen-bond acceptors (Lipinski definition) is 4. The lowest BCUT2D eigenvalue weighted by molar-refractivity contribution is -0.120. The molecule has 1 aromatic rings. The number of amides is 1. The first kappa shape index (κ1) is 17.5. The number of rotatable bonds is 6. The Balaban J connectivity index is 2.85. The minimum absolute atomic E-state index is 0.121. The van der Waals surface area contributed by atoms with E-state index in [-0.39, 0.29) is 22.8 Å². The summed E-state index contributed by atoms with van der Waals surface area (Å²) in [5, 5.41) is 12.6. The quantitative estimate of drug-likeness (QED) is 0.790. The first-order valence-electron chi connectivity index (χ1n) is 6.81. The second kappa shape index (κ2) is 6.93. The predicted octanol–water partition coefficient (Wildman–Crippen LogP) is 2.79. The summed E-state index contributed by atoms with van der Waals surface area (Å²) in [5.41, 5.74) is 1.32. The predicted molar refractivity (Wildman–Crippen MR) is 83.9 cm³/mol. The number of carboxylic acid groups (broad SMARTS) is 1. The lowest BCUT2D eigenvalue weighted by atomic mass is 10.0. The third-order valence-electron chi connectivity index (χ3n) is 3.23. The summed E-state index contributed by atoms with van der Waals surface area (Å²) in [5.74, 6) is -0.986. The minimum Gasteiger partial charge on any atom is -0.478 e. The maximum Gasteiger partial charge on any atom is 0.338 e. The van der Waals surface area contributed by atoms with Crippen LogP contribution in [0.15, 0.2) is 11.1 Å². The molecule has 0 unspecified atom stereocenters. The van der Waals surface area contributed by atoms with Crippen LogP contribution < -0.4 is 5.32 Å². The van der Waals surface area contributed by atoms with Crippen molar-refractivity contribution in [1.82, 2.24) is 10.3 Å². The SMILES string of the molecule is CCC(C)(C)NC(=O)CSc1nc(C)cc(C)c1C(=O)O. The average molecular weight is 310 g/mol. The van der Waals surface area contributed by atoms with Gasteiger partial charge in [0.2, 0.25) is 5.91 Å². The van der Waals surface area contributed by atoms with Gasteiger partial charge < -0.3 is 10.4 Å². The van der Waals surface area contributed by atoms with Crippen LogP contribution >= 0.6 is 11.8 Å². The molecule has 21 heavy (non-hydrogen) atoms. The van der Waals surface area contributed by atoms with Gasteiger partial charge in [-0.2, -0.15) is 0 Å². The molecule has 0 spiro atoms. The van der Waals surface area contributed by atoms with Crippen molar-refractivity contribution in [2.24, 2.45) is 0 Å². The van der Waals surface area contributed by atoms with Crippen LogP contribution in [0.3, 0.4) is 0 Å². The smallest absolute Gasteiger partial charge is 0.338 e. The van der Waals surface area contributed by atoms with Crippen LogP contribution in [0.1, 0.15) is 48.8 Å². The highest BCUT2D eigenvalue weighted by Crippen LogP contribution is 2.24. The molecular formula is C15H22N2O3S. The number of nitrogens with one attached hydrogen (secondary N) is 1. The number of nitrogens with zero attached hydrogens (tertiary/aromatic N) is 1. The molecule has 1 amide bonds. The summed E-state index contributed by atoms with van der Waals surface area (Å²) in [6.45, 7) is 9.45. The maximum atomic E-state index is 11.9. The number of carbonyl (C=O) groups is 2. The van der Waals surface area contributed by atoms with Gasteiger partial charge in [0.25, 0.3) is 0 Å². The lowest BCUT2D eigenvalue weighted by Crippen LogP contribution is -2.43. The number of aryl methyl sites for hydroxylation is 2. The van der Waals surface area contributed by atoms with Crippen LogP contribution in [-0.2, 0) is 4.79 Å². The largest absolute Gasteiger partial charge is 0.478 e. The van der Waals surface area contributed by atoms with E-state index >= 15 is 0 Å². The highest BCUT2D eigenvalue weighted by Gasteiger charge is 2.20. The molecule has 0 aliphatic rings. The number of thioether (sulfide) groups is 1. The molecule has 0 aliphatic heterocycles. The molecule has 0 saturated carbocycles. The molecule has 116 valence electrons. The van der Waals surface area contributed by atoms with Crippen LogP contribution in [-0.4, -0.2) is 33.3 Å². The zero-order valence-corrected chi connectivity index (χ0v) is 13.9. The van der Waals surface area contributed by atoms with Crippen molar-refractivity contribution in [2.45, 2.75) is 51.6 Å². The molecular weight excluding hydrogens is 288 g/mol. The third kappa shape index (κ3) is 5.04. The van der Waals surface area contributed by atoms with Crippen molar-refractivity contribution in [1.29, 1.82) is 0 Å². The van der Waals surface area contributed by atoms with Crippen LogP contribution in [0.5, 0.6) is 0 Å². The fourth-order valence-corrected chi connectivity index (χ4v) is 2.74. The molecule has 0 fully saturated rings. The molecule has 6 heteroatoms. The Bertz CT molecular complexity index is 556. The molecule has 1 aromatic heterocycles. The highest BCUT2D eigenvalue weighted by molar-refractivity contribution is 8.00. The van der Waals surface area contributed by atoms with Crippen LogP contribution in [0.25, 0.3) is 0 Å². The van der Waals surface area contributed by atoms with Gasteiger partial charge in [0.1, 0.15) is 5.03 Å². The number of carboxylic acids is 1. The molecule has 1 rings (SSSR count). The van der Waals surface area contributed by atoms with Gasteiger partial charge in [0.15, 0.2) is 0 Å². The minimum atomic E-state index is -1.02. The number of carbonyl (C=O) groups excluding carboxylic acids is 1. The Morgan fingerprint density at radius 1 is 1.38 bits per heavy atom. The van der Waals surface area contributed by atoms with E-state index in [0.717, 1.165) is 23.9 Å². The Kier molecular flexibility index (Phi) is 5.78. The topological polar surface area (TPSA) is 79.3 Å². The second-order valence-corrected chi connectivity index (χ2v) is 6.60. The summed E-state index contributed by atoms with van der Waals surface area (Å²) < 4.78 is 0. The first-order valence-corrected chi connectivity index (χ1v) is 7.80. The number of hydrogen-bond donors (Lipinski definition) is 2. The van der Waals surface area contributed by atoms with Gasteiger partial charge in [-0.05, 0) is 45.7 Å². The van der Waals surface area contributed by atoms with Crippen molar-refractivity contribution >= 4 is 23.6 Å². The molecule has 0 aromatic carbocycles. The first-order chi connectivity index (χ1) is 9.66. The van der Waals surface area contributed by atoms with E-state index in [4.69, 9.17) is 0 Å². The monoisotopic (exact) mass is 310 g/mol. The molecule has 0 atom stereocenters. The normalized spacial score (nSPS) is 11.3. The van der Waals surface area contributed by atoms with Crippen LogP contribution in [0.2, 0.25) is 0 Å². The van der Waals surface area contributed by atoms with Crippen molar-refractivity contribution in [2.75, 3.05) is 5.75 Å². The average Bonchev–Trinajstić information content (AvgIpc) is 2.34. The van der Waals surface area contributed by atoms with Crippen molar-refractivity contribution < 1.29 is 14.7 Å². The van der Waals surface area contributed by atoms with E-state index < -0.39 is 5.97 Å². The molecule has 5 nitrogen and oxygen atoms in total. The summed E-state index contributed by atoms with van der Waals surface area (Å²) >= 11 is 1.16. The molecule has 2 N–H and O–H groups in total. The van der Waals surface area contributed by atoms with E-state index in [1.54, 1.807) is 13.0 Å². The zero-order chi connectivity index (χ0) is 16.2. The van der Waals surface area contributed by atoms with E-state index in [1.165, 1.54) is 0 Å². The van der Waals surface area contributed by atoms with Gasteiger partial charge in [-0.15, -0.1) is 0 Å². The summed E-state index contributed by atoms with van der Waals surface area (Å²) in [6.07, 6.45) is 0.825. The van der Waals surface area contributed by atoms with Crippen molar-refractivity contribution in [3.8, 4) is 0 Å². The Morgan fingerprint density at radius 2 is 2.00 bits per heavy atom. The standard InChI is InChI=1S/C15H22N2O3S/c1-6-15(4,5)17-11(18)8-21-13-12(14(19)20)9(2)7-10(3)16-13/h7H,6,8H2,1-5H3,(H,17,18)(H,19,20). The van der Waals surface area contributed by atoms with Crippen LogP contribution in [0, 0.1) is 13.8 Å². The van der Waals surface area contributed by atoms with Crippen LogP contribution in [0.4, 0.5) is 0 Å². The summed E-state index contributed by atoms with van der Waals surface area (Å²) in [4.78, 5) is 27.5. The Hall–Kier alpha value is -1.56. The zero-order valence-electron chi connectivity index (χ0n) is 13.1. The van der Waals surface area contributed by atoms with E-state index in [0.29, 0.717) is 10.6 Å². The van der Waals surface area contributed by atoms with E-state index in [1.807, 2.05) is 27.7 Å². The fraction of sp³-hybridized carbons (Fsp3) is 0.533. The summed E-state index contributed by atoms with van der Waals surface area (Å²) in [6, 6.07) is 1.73. The number of aromatic carboxylic acids is 1.